The van der Waals surface area contributed by atoms with Crippen LogP contribution in [0, 0.1) is 0 Å². The zero-order valence-electron chi connectivity index (χ0n) is 11.6. The summed E-state index contributed by atoms with van der Waals surface area (Å²) >= 11 is 11.4. The normalized spacial score (nSPS) is 21.4. The topological polar surface area (TPSA) is 27.3 Å². The summed E-state index contributed by atoms with van der Waals surface area (Å²) in [4.78, 5) is 0. The summed E-state index contributed by atoms with van der Waals surface area (Å²) in [6.07, 6.45) is 0.862. The van der Waals surface area contributed by atoms with Crippen LogP contribution in [0.5, 0.6) is 0 Å². The maximum atomic E-state index is 5.95. The molecule has 1 atom stereocenters. The largest absolute Gasteiger partial charge is 0.338 e. The zero-order chi connectivity index (χ0) is 14.9. The van der Waals surface area contributed by atoms with E-state index in [0.717, 1.165) is 17.7 Å². The first-order valence-corrected chi connectivity index (χ1v) is 7.64. The fraction of sp³-hybridized carbons (Fsp3) is 0.188. The van der Waals surface area contributed by atoms with Crippen molar-refractivity contribution in [2.75, 3.05) is 5.01 Å². The molecule has 3 nitrogen and oxygen atoms in total. The van der Waals surface area contributed by atoms with Gasteiger partial charge in [0.05, 0.1) is 5.69 Å². The molecule has 2 aromatic carbocycles. The number of rotatable bonds is 3. The molecule has 1 aliphatic heterocycles. The SMILES string of the molecule is CCC1(c2ccccc2)NC(=S)N(c2ccc(Cl)cc2)N1. The third-order valence-corrected chi connectivity index (χ3v) is 4.24. The van der Waals surface area contributed by atoms with Crippen LogP contribution in [-0.4, -0.2) is 5.11 Å². The second-order valence-corrected chi connectivity index (χ2v) is 5.80. The average molecular weight is 318 g/mol. The van der Waals surface area contributed by atoms with Crippen LogP contribution >= 0.6 is 23.8 Å². The Balaban J connectivity index is 1.94. The fourth-order valence-corrected chi connectivity index (χ4v) is 2.96. The van der Waals surface area contributed by atoms with Crippen LogP contribution in [0.25, 0.3) is 0 Å². The lowest BCUT2D eigenvalue weighted by molar-refractivity contribution is 0.337. The monoisotopic (exact) mass is 317 g/mol. The summed E-state index contributed by atoms with van der Waals surface area (Å²) in [7, 11) is 0. The van der Waals surface area contributed by atoms with Crippen molar-refractivity contribution < 1.29 is 0 Å². The Kier molecular flexibility index (Phi) is 3.85. The number of benzene rings is 2. The number of anilines is 1. The van der Waals surface area contributed by atoms with Crippen molar-refractivity contribution in [3.63, 3.8) is 0 Å². The highest BCUT2D eigenvalue weighted by atomic mass is 35.5. The minimum atomic E-state index is -0.377. The molecule has 0 saturated carbocycles. The summed E-state index contributed by atoms with van der Waals surface area (Å²) in [6.45, 7) is 2.13. The van der Waals surface area contributed by atoms with Gasteiger partial charge in [-0.25, -0.2) is 5.01 Å². The number of nitrogens with zero attached hydrogens (tertiary/aromatic N) is 1. The predicted molar refractivity (Wildman–Crippen MR) is 91.2 cm³/mol. The molecule has 5 heteroatoms. The Hall–Kier alpha value is -1.62. The predicted octanol–water partition coefficient (Wildman–Crippen LogP) is 3.80. The highest BCUT2D eigenvalue weighted by Gasteiger charge is 2.40. The molecule has 1 heterocycles. The molecule has 0 bridgehead atoms. The Bertz CT molecular complexity index is 644. The average Bonchev–Trinajstić information content (AvgIpc) is 2.87. The Labute approximate surface area is 134 Å². The van der Waals surface area contributed by atoms with Gasteiger partial charge >= 0.3 is 0 Å². The van der Waals surface area contributed by atoms with Crippen molar-refractivity contribution in [2.24, 2.45) is 0 Å². The summed E-state index contributed by atoms with van der Waals surface area (Å²) in [5.41, 5.74) is 5.24. The molecule has 0 amide bonds. The molecule has 108 valence electrons. The van der Waals surface area contributed by atoms with Crippen molar-refractivity contribution in [1.82, 2.24) is 10.7 Å². The molecular weight excluding hydrogens is 302 g/mol. The summed E-state index contributed by atoms with van der Waals surface area (Å²) in [6, 6.07) is 17.9. The second-order valence-electron chi connectivity index (χ2n) is 4.98. The quantitative estimate of drug-likeness (QED) is 0.842. The number of hydrogen-bond acceptors (Lipinski definition) is 2. The van der Waals surface area contributed by atoms with Crippen LogP contribution in [0.1, 0.15) is 18.9 Å². The third kappa shape index (κ3) is 2.62. The lowest BCUT2D eigenvalue weighted by Crippen LogP contribution is -2.47. The van der Waals surface area contributed by atoms with E-state index in [1.165, 1.54) is 0 Å². The number of hydrazine groups is 1. The fourth-order valence-electron chi connectivity index (χ4n) is 2.51. The number of thiocarbonyl (C=S) groups is 1. The molecule has 1 aliphatic rings. The smallest absolute Gasteiger partial charge is 0.190 e. The molecule has 2 N–H and O–H groups in total. The van der Waals surface area contributed by atoms with Crippen molar-refractivity contribution in [2.45, 2.75) is 19.0 Å². The zero-order valence-corrected chi connectivity index (χ0v) is 13.2. The Morgan fingerprint density at radius 3 is 2.38 bits per heavy atom. The van der Waals surface area contributed by atoms with Gasteiger partial charge in [0.15, 0.2) is 5.11 Å². The Morgan fingerprint density at radius 1 is 1.10 bits per heavy atom. The molecule has 0 radical (unpaired) electrons. The van der Waals surface area contributed by atoms with Gasteiger partial charge in [0, 0.05) is 5.02 Å². The van der Waals surface area contributed by atoms with Crippen molar-refractivity contribution in [3.05, 3.63) is 65.2 Å². The molecule has 2 aromatic rings. The molecule has 1 fully saturated rings. The van der Waals surface area contributed by atoms with E-state index in [2.05, 4.69) is 29.8 Å². The molecule has 1 unspecified atom stereocenters. The first-order chi connectivity index (χ1) is 10.1. The summed E-state index contributed by atoms with van der Waals surface area (Å²) < 4.78 is 0. The van der Waals surface area contributed by atoms with Crippen molar-refractivity contribution in [1.29, 1.82) is 0 Å². The summed E-state index contributed by atoms with van der Waals surface area (Å²) in [5.74, 6) is 0. The molecule has 21 heavy (non-hydrogen) atoms. The lowest BCUT2D eigenvalue weighted by atomic mass is 9.98. The standard InChI is InChI=1S/C16H16ClN3S/c1-2-16(12-6-4-3-5-7-12)18-15(21)20(19-16)14-10-8-13(17)9-11-14/h3-11,19H,2H2,1H3,(H,18,21). The molecule has 0 spiro atoms. The van der Waals surface area contributed by atoms with Gasteiger partial charge in [0.25, 0.3) is 0 Å². The van der Waals surface area contributed by atoms with Crippen LogP contribution < -0.4 is 15.8 Å². The van der Waals surface area contributed by atoms with E-state index in [0.29, 0.717) is 10.1 Å². The van der Waals surface area contributed by atoms with Gasteiger partial charge in [0.1, 0.15) is 5.66 Å². The summed E-state index contributed by atoms with van der Waals surface area (Å²) in [5, 5.41) is 6.67. The van der Waals surface area contributed by atoms with Crippen LogP contribution in [0.15, 0.2) is 54.6 Å². The highest BCUT2D eigenvalue weighted by molar-refractivity contribution is 7.80. The molecule has 3 rings (SSSR count). The lowest BCUT2D eigenvalue weighted by Gasteiger charge is -2.29. The van der Waals surface area contributed by atoms with Gasteiger partial charge < -0.3 is 5.32 Å². The number of hydrogen-bond donors (Lipinski definition) is 2. The van der Waals surface area contributed by atoms with Gasteiger partial charge in [-0.2, -0.15) is 5.43 Å². The number of nitrogens with one attached hydrogen (secondary N) is 2. The third-order valence-electron chi connectivity index (χ3n) is 3.71. The molecule has 0 aliphatic carbocycles. The van der Waals surface area contributed by atoms with Gasteiger partial charge in [0.2, 0.25) is 0 Å². The minimum absolute atomic E-state index is 0.377. The van der Waals surface area contributed by atoms with Gasteiger partial charge in [-0.3, -0.25) is 0 Å². The van der Waals surface area contributed by atoms with Gasteiger partial charge in [-0.15, -0.1) is 0 Å². The van der Waals surface area contributed by atoms with Gasteiger partial charge in [-0.05, 0) is 48.5 Å². The first-order valence-electron chi connectivity index (χ1n) is 6.86. The maximum absolute atomic E-state index is 5.95. The van der Waals surface area contributed by atoms with Crippen LogP contribution in [0.3, 0.4) is 0 Å². The first kappa shape index (κ1) is 14.3. The van der Waals surface area contributed by atoms with E-state index in [1.807, 2.05) is 47.5 Å². The maximum Gasteiger partial charge on any atom is 0.190 e. The second kappa shape index (κ2) is 5.64. The molecule has 0 aromatic heterocycles. The highest BCUT2D eigenvalue weighted by Crippen LogP contribution is 2.29. The van der Waals surface area contributed by atoms with Crippen LogP contribution in [0.2, 0.25) is 5.02 Å². The van der Waals surface area contributed by atoms with E-state index in [-0.39, 0.29) is 5.66 Å². The van der Waals surface area contributed by atoms with Crippen molar-refractivity contribution in [3.8, 4) is 0 Å². The van der Waals surface area contributed by atoms with E-state index >= 15 is 0 Å². The van der Waals surface area contributed by atoms with Crippen molar-refractivity contribution >= 4 is 34.6 Å². The van der Waals surface area contributed by atoms with Crippen LogP contribution in [-0.2, 0) is 5.66 Å². The number of halogens is 1. The van der Waals surface area contributed by atoms with Crippen LogP contribution in [0.4, 0.5) is 5.69 Å². The van der Waals surface area contributed by atoms with Gasteiger partial charge in [-0.1, -0.05) is 48.9 Å². The molecule has 1 saturated heterocycles. The Morgan fingerprint density at radius 2 is 1.76 bits per heavy atom. The molecular formula is C16H16ClN3S. The van der Waals surface area contributed by atoms with E-state index in [1.54, 1.807) is 0 Å². The van der Waals surface area contributed by atoms with E-state index < -0.39 is 0 Å². The minimum Gasteiger partial charge on any atom is -0.338 e. The van der Waals surface area contributed by atoms with E-state index in [4.69, 9.17) is 23.8 Å². The van der Waals surface area contributed by atoms with E-state index in [9.17, 15) is 0 Å².